The molecule has 0 bridgehead atoms. The molecule has 2 N–H and O–H groups in total. The van der Waals surface area contributed by atoms with Crippen LogP contribution in [0.5, 0.6) is 11.9 Å². The third-order valence-corrected chi connectivity index (χ3v) is 4.29. The fourth-order valence-corrected chi connectivity index (χ4v) is 2.88. The van der Waals surface area contributed by atoms with Gasteiger partial charge in [-0.1, -0.05) is 0 Å². The Balaban J connectivity index is 2.01. The van der Waals surface area contributed by atoms with E-state index in [0.29, 0.717) is 5.70 Å². The summed E-state index contributed by atoms with van der Waals surface area (Å²) in [5.74, 6) is -0.511. The summed E-state index contributed by atoms with van der Waals surface area (Å²) in [4.78, 5) is 17.7. The molecular weight excluding hydrogens is 377 g/mol. The lowest BCUT2D eigenvalue weighted by molar-refractivity contribution is -0.154. The number of ether oxygens (including phenoxy) is 1. The van der Waals surface area contributed by atoms with Crippen LogP contribution in [0.3, 0.4) is 0 Å². The normalized spacial score (nSPS) is 17.7. The van der Waals surface area contributed by atoms with E-state index >= 15 is 0 Å². The second kappa shape index (κ2) is 7.97. The number of aromatic nitrogens is 3. The molecule has 0 amide bonds. The Morgan fingerprint density at radius 3 is 2.93 bits per heavy atom. The zero-order valence-electron chi connectivity index (χ0n) is 15.1. The molecule has 1 fully saturated rings. The smallest absolute Gasteiger partial charge is 0.422 e. The molecule has 1 aliphatic rings. The molecule has 3 heterocycles. The highest BCUT2D eigenvalue weighted by Crippen LogP contribution is 2.29. The van der Waals surface area contributed by atoms with Crippen LogP contribution >= 0.6 is 0 Å². The number of halogens is 3. The molecule has 0 radical (unpaired) electrons. The quantitative estimate of drug-likeness (QED) is 0.721. The lowest BCUT2D eigenvalue weighted by Gasteiger charge is -2.22. The van der Waals surface area contributed by atoms with Crippen LogP contribution in [0, 0.1) is 0 Å². The van der Waals surface area contributed by atoms with Crippen LogP contribution in [0.4, 0.5) is 13.2 Å². The number of likely N-dealkylation sites (N-methyl/N-ethyl adjacent to an activating group) is 1. The highest BCUT2D eigenvalue weighted by atomic mass is 19.4. The zero-order chi connectivity index (χ0) is 20.3. The first-order valence-electron chi connectivity index (χ1n) is 8.45. The second-order valence-electron chi connectivity index (χ2n) is 6.27. The molecular formula is C17H19F3N6O2. The van der Waals surface area contributed by atoms with Gasteiger partial charge in [0.15, 0.2) is 6.61 Å². The van der Waals surface area contributed by atoms with E-state index in [-0.39, 0.29) is 22.6 Å². The molecule has 2 aromatic rings. The fraction of sp³-hybridized carbons (Fsp3) is 0.412. The molecule has 0 spiro atoms. The van der Waals surface area contributed by atoms with Gasteiger partial charge in [-0.2, -0.15) is 23.1 Å². The SMILES string of the molecule is C=N/C(=C\N(C)C1CCNC1)c1nccc2c(O)nc(OCC(F)(F)F)nc12. The molecule has 1 saturated heterocycles. The maximum Gasteiger partial charge on any atom is 0.422 e. The standard InChI is InChI=1S/C17H19F3N6O2/c1-21-12(8-26(2)10-3-5-22-7-10)14-13-11(4-6-23-14)15(27)25-16(24-13)28-9-17(18,19)20/h4,6,8,10,22H,1,3,5,7,9H2,2H3,(H,24,25,27)/b12-8-. The van der Waals surface area contributed by atoms with Crippen LogP contribution in [0.25, 0.3) is 16.6 Å². The lowest BCUT2D eigenvalue weighted by atomic mass is 10.2. The minimum absolute atomic E-state index is 0.115. The number of rotatable bonds is 6. The number of aromatic hydroxyl groups is 1. The maximum absolute atomic E-state index is 12.4. The summed E-state index contributed by atoms with van der Waals surface area (Å²) >= 11 is 0. The van der Waals surface area contributed by atoms with Crippen molar-refractivity contribution in [2.24, 2.45) is 4.99 Å². The van der Waals surface area contributed by atoms with Crippen LogP contribution in [0.2, 0.25) is 0 Å². The topological polar surface area (TPSA) is 95.8 Å². The Bertz CT molecular complexity index is 896. The van der Waals surface area contributed by atoms with Gasteiger partial charge in [0, 0.05) is 32.0 Å². The van der Waals surface area contributed by atoms with Gasteiger partial charge in [-0.25, -0.2) is 0 Å². The van der Waals surface area contributed by atoms with Crippen LogP contribution in [0.1, 0.15) is 12.1 Å². The van der Waals surface area contributed by atoms with Crippen molar-refractivity contribution in [2.75, 3.05) is 26.7 Å². The predicted octanol–water partition coefficient (Wildman–Crippen LogP) is 1.96. The number of alkyl halides is 3. The zero-order valence-corrected chi connectivity index (χ0v) is 15.1. The summed E-state index contributed by atoms with van der Waals surface area (Å²) in [5, 5.41) is 13.6. The molecule has 1 aliphatic heterocycles. The molecule has 2 aromatic heterocycles. The lowest BCUT2D eigenvalue weighted by Crippen LogP contribution is -2.29. The van der Waals surface area contributed by atoms with Crippen LogP contribution in [0.15, 0.2) is 23.5 Å². The van der Waals surface area contributed by atoms with E-state index in [1.165, 1.54) is 12.3 Å². The third-order valence-electron chi connectivity index (χ3n) is 4.29. The monoisotopic (exact) mass is 396 g/mol. The number of pyridine rings is 1. The molecule has 1 atom stereocenters. The highest BCUT2D eigenvalue weighted by molar-refractivity contribution is 5.92. The van der Waals surface area contributed by atoms with Crippen molar-refractivity contribution < 1.29 is 23.0 Å². The van der Waals surface area contributed by atoms with E-state index in [1.54, 1.807) is 6.20 Å². The third kappa shape index (κ3) is 4.47. The molecule has 0 aliphatic carbocycles. The Kier molecular flexibility index (Phi) is 5.63. The first-order valence-corrected chi connectivity index (χ1v) is 8.45. The van der Waals surface area contributed by atoms with Gasteiger partial charge in [0.1, 0.15) is 16.9 Å². The molecule has 8 nitrogen and oxygen atoms in total. The predicted molar refractivity (Wildman–Crippen MR) is 97.1 cm³/mol. The highest BCUT2D eigenvalue weighted by Gasteiger charge is 2.29. The van der Waals surface area contributed by atoms with Gasteiger partial charge in [0.25, 0.3) is 0 Å². The minimum atomic E-state index is -4.56. The first-order chi connectivity index (χ1) is 13.3. The van der Waals surface area contributed by atoms with E-state index in [1.807, 2.05) is 11.9 Å². The summed E-state index contributed by atoms with van der Waals surface area (Å²) in [6, 6.07) is 1.11. The molecule has 150 valence electrons. The molecule has 1 unspecified atom stereocenters. The Labute approximate surface area is 158 Å². The van der Waals surface area contributed by atoms with Gasteiger partial charge in [-0.05, 0) is 25.7 Å². The number of fused-ring (bicyclic) bond motifs is 1. The summed E-state index contributed by atoms with van der Waals surface area (Å²) < 4.78 is 41.8. The molecule has 0 aromatic carbocycles. The maximum atomic E-state index is 12.4. The van der Waals surface area contributed by atoms with E-state index in [0.717, 1.165) is 19.5 Å². The van der Waals surface area contributed by atoms with Crippen molar-refractivity contribution >= 4 is 23.3 Å². The van der Waals surface area contributed by atoms with E-state index in [2.05, 4.69) is 36.7 Å². The van der Waals surface area contributed by atoms with E-state index in [9.17, 15) is 18.3 Å². The molecule has 11 heteroatoms. The molecule has 3 rings (SSSR count). The number of aliphatic imine (C=N–C) groups is 1. The summed E-state index contributed by atoms with van der Waals surface area (Å²) in [6.07, 6.45) is -0.439. The number of nitrogens with one attached hydrogen (secondary N) is 1. The van der Waals surface area contributed by atoms with Crippen molar-refractivity contribution in [2.45, 2.75) is 18.6 Å². The van der Waals surface area contributed by atoms with E-state index in [4.69, 9.17) is 0 Å². The number of hydrogen-bond donors (Lipinski definition) is 2. The first kappa shape index (κ1) is 19.8. The van der Waals surface area contributed by atoms with Crippen molar-refractivity contribution in [3.8, 4) is 11.9 Å². The fourth-order valence-electron chi connectivity index (χ4n) is 2.88. The Hall–Kier alpha value is -2.95. The van der Waals surface area contributed by atoms with Gasteiger partial charge in [-0.3, -0.25) is 9.98 Å². The summed E-state index contributed by atoms with van der Waals surface area (Å²) in [6.45, 7) is 3.70. The van der Waals surface area contributed by atoms with Crippen LogP contribution < -0.4 is 10.1 Å². The number of nitrogens with zero attached hydrogens (tertiary/aromatic N) is 5. The summed E-state index contributed by atoms with van der Waals surface area (Å²) in [5.41, 5.74) is 0.725. The molecule has 28 heavy (non-hydrogen) atoms. The van der Waals surface area contributed by atoms with Crippen LogP contribution in [-0.4, -0.2) is 70.6 Å². The second-order valence-corrected chi connectivity index (χ2v) is 6.27. The Morgan fingerprint density at radius 1 is 1.50 bits per heavy atom. The average molecular weight is 396 g/mol. The van der Waals surface area contributed by atoms with Crippen molar-refractivity contribution in [1.82, 2.24) is 25.2 Å². The van der Waals surface area contributed by atoms with Crippen LogP contribution in [-0.2, 0) is 0 Å². The average Bonchev–Trinajstić information content (AvgIpc) is 3.18. The van der Waals surface area contributed by atoms with Gasteiger partial charge in [-0.15, -0.1) is 0 Å². The molecule has 0 saturated carbocycles. The summed E-state index contributed by atoms with van der Waals surface area (Å²) in [7, 11) is 1.89. The van der Waals surface area contributed by atoms with Crippen molar-refractivity contribution in [3.05, 3.63) is 24.2 Å². The van der Waals surface area contributed by atoms with Gasteiger partial charge >= 0.3 is 12.2 Å². The van der Waals surface area contributed by atoms with Gasteiger partial charge < -0.3 is 20.1 Å². The van der Waals surface area contributed by atoms with Crippen molar-refractivity contribution in [1.29, 1.82) is 0 Å². The van der Waals surface area contributed by atoms with Gasteiger partial charge in [0.2, 0.25) is 5.88 Å². The van der Waals surface area contributed by atoms with Gasteiger partial charge in [0.05, 0.1) is 5.39 Å². The number of hydrogen-bond acceptors (Lipinski definition) is 8. The van der Waals surface area contributed by atoms with Crippen molar-refractivity contribution in [3.63, 3.8) is 0 Å². The minimum Gasteiger partial charge on any atom is -0.493 e. The van der Waals surface area contributed by atoms with E-state index < -0.39 is 24.7 Å². The largest absolute Gasteiger partial charge is 0.493 e. The Morgan fingerprint density at radius 2 is 2.29 bits per heavy atom.